The Balaban J connectivity index is 2.20. The van der Waals surface area contributed by atoms with Crippen molar-refractivity contribution >= 4 is 6.29 Å². The summed E-state index contributed by atoms with van der Waals surface area (Å²) >= 11 is 0. The van der Waals surface area contributed by atoms with Crippen molar-refractivity contribution < 1.29 is 29.2 Å². The lowest BCUT2D eigenvalue weighted by molar-refractivity contribution is 0.0449. The lowest BCUT2D eigenvalue weighted by atomic mass is 10.0. The highest BCUT2D eigenvalue weighted by Gasteiger charge is 2.21. The average molecular weight is 332 g/mol. The molecule has 2 N–H and O–H groups in total. The molecule has 6 nitrogen and oxygen atoms in total. The molecule has 0 amide bonds. The fourth-order valence-corrected chi connectivity index (χ4v) is 2.27. The molecule has 6 heteroatoms. The van der Waals surface area contributed by atoms with Crippen LogP contribution < -0.4 is 14.2 Å². The Hall–Kier alpha value is -2.73. The number of ether oxygens (including phenoxy) is 3. The Labute approximate surface area is 140 Å². The number of benzene rings is 2. The van der Waals surface area contributed by atoms with Gasteiger partial charge in [-0.05, 0) is 42.8 Å². The van der Waals surface area contributed by atoms with E-state index in [0.717, 1.165) is 0 Å². The normalized spacial score (nSPS) is 13.0. The van der Waals surface area contributed by atoms with Gasteiger partial charge in [-0.2, -0.15) is 0 Å². The van der Waals surface area contributed by atoms with E-state index in [4.69, 9.17) is 14.2 Å². The second-order valence-electron chi connectivity index (χ2n) is 5.23. The van der Waals surface area contributed by atoms with Crippen LogP contribution in [0.25, 0.3) is 0 Å². The first kappa shape index (κ1) is 17.6. The topological polar surface area (TPSA) is 85.2 Å². The molecule has 0 aliphatic carbocycles. The lowest BCUT2D eigenvalue weighted by Gasteiger charge is -2.22. The zero-order valence-corrected chi connectivity index (χ0v) is 13.7. The molecule has 0 fully saturated rings. The molecular formula is C18H20O6. The third-order valence-electron chi connectivity index (χ3n) is 3.63. The molecule has 0 unspecified atom stereocenters. The number of aliphatic hydroxyl groups is 1. The maximum atomic E-state index is 10.8. The smallest absolute Gasteiger partial charge is 0.161 e. The minimum atomic E-state index is -0.949. The Morgan fingerprint density at radius 1 is 1.00 bits per heavy atom. The Bertz CT molecular complexity index is 713. The quantitative estimate of drug-likeness (QED) is 0.758. The SMILES string of the molecule is COc1cc([C@H](O)[C@@H](C)Oc2ccc(C=O)cc2OC)ccc1O. The molecule has 0 saturated carbocycles. The number of rotatable bonds is 7. The summed E-state index contributed by atoms with van der Waals surface area (Å²) in [5.41, 5.74) is 1.01. The summed E-state index contributed by atoms with van der Waals surface area (Å²) in [7, 11) is 2.91. The third-order valence-corrected chi connectivity index (χ3v) is 3.63. The fraction of sp³-hybridized carbons (Fsp3) is 0.278. The molecule has 2 atom stereocenters. The second-order valence-corrected chi connectivity index (χ2v) is 5.23. The number of aldehydes is 1. The van der Waals surface area contributed by atoms with Gasteiger partial charge in [0, 0.05) is 5.56 Å². The van der Waals surface area contributed by atoms with Gasteiger partial charge in [0.1, 0.15) is 18.5 Å². The molecule has 128 valence electrons. The summed E-state index contributed by atoms with van der Waals surface area (Å²) in [6.07, 6.45) is -0.835. The number of phenolic OH excluding ortho intramolecular Hbond substituents is 1. The first-order valence-corrected chi connectivity index (χ1v) is 7.35. The van der Waals surface area contributed by atoms with E-state index in [1.165, 1.54) is 20.3 Å². The van der Waals surface area contributed by atoms with Gasteiger partial charge in [0.05, 0.1) is 14.2 Å². The molecule has 24 heavy (non-hydrogen) atoms. The van der Waals surface area contributed by atoms with E-state index in [-0.39, 0.29) is 11.5 Å². The minimum absolute atomic E-state index is 0.00635. The van der Waals surface area contributed by atoms with Crippen LogP contribution in [0.5, 0.6) is 23.0 Å². The summed E-state index contributed by atoms with van der Waals surface area (Å²) in [5, 5.41) is 20.1. The first-order chi connectivity index (χ1) is 11.5. The summed E-state index contributed by atoms with van der Waals surface area (Å²) in [6, 6.07) is 9.37. The van der Waals surface area contributed by atoms with Crippen LogP contribution in [0.4, 0.5) is 0 Å². The Morgan fingerprint density at radius 2 is 1.71 bits per heavy atom. The number of phenols is 1. The number of hydrogen-bond acceptors (Lipinski definition) is 6. The number of hydrogen-bond donors (Lipinski definition) is 2. The maximum Gasteiger partial charge on any atom is 0.161 e. The molecule has 0 radical (unpaired) electrons. The number of carbonyl (C=O) groups is 1. The summed E-state index contributed by atoms with van der Waals surface area (Å²) < 4.78 is 16.0. The summed E-state index contributed by atoms with van der Waals surface area (Å²) in [6.45, 7) is 1.71. The van der Waals surface area contributed by atoms with E-state index in [9.17, 15) is 15.0 Å². The number of methoxy groups -OCH3 is 2. The predicted molar refractivity (Wildman–Crippen MR) is 88.1 cm³/mol. The van der Waals surface area contributed by atoms with Crippen LogP contribution in [-0.4, -0.2) is 36.8 Å². The molecule has 0 aromatic heterocycles. The van der Waals surface area contributed by atoms with Gasteiger partial charge in [0.15, 0.2) is 23.0 Å². The van der Waals surface area contributed by atoms with Crippen LogP contribution in [-0.2, 0) is 0 Å². The summed E-state index contributed by atoms with van der Waals surface area (Å²) in [5.74, 6) is 1.09. The van der Waals surface area contributed by atoms with Crippen LogP contribution in [0, 0.1) is 0 Å². The second kappa shape index (κ2) is 7.70. The van der Waals surface area contributed by atoms with Crippen molar-refractivity contribution in [2.75, 3.05) is 14.2 Å². The van der Waals surface area contributed by atoms with Crippen molar-refractivity contribution in [1.29, 1.82) is 0 Å². The molecule has 0 spiro atoms. The fourth-order valence-electron chi connectivity index (χ4n) is 2.27. The molecule has 0 saturated heterocycles. The van der Waals surface area contributed by atoms with Crippen LogP contribution in [0.2, 0.25) is 0 Å². The zero-order valence-electron chi connectivity index (χ0n) is 13.7. The highest BCUT2D eigenvalue weighted by molar-refractivity contribution is 5.76. The minimum Gasteiger partial charge on any atom is -0.504 e. The standard InChI is InChI=1S/C18H20O6/c1-11(18(21)13-5-6-14(20)16(9-13)22-2)24-15-7-4-12(10-19)8-17(15)23-3/h4-11,18,20-21H,1-3H3/t11-,18-/m1/s1. The van der Waals surface area contributed by atoms with Gasteiger partial charge in [0.2, 0.25) is 0 Å². The van der Waals surface area contributed by atoms with Crippen molar-refractivity contribution in [3.63, 3.8) is 0 Å². The Kier molecular flexibility index (Phi) is 5.65. The molecule has 2 aromatic carbocycles. The molecule has 2 rings (SSSR count). The average Bonchev–Trinajstić information content (AvgIpc) is 2.61. The molecular weight excluding hydrogens is 312 g/mol. The molecule has 0 bridgehead atoms. The predicted octanol–water partition coefficient (Wildman–Crippen LogP) is 2.72. The third kappa shape index (κ3) is 3.78. The van der Waals surface area contributed by atoms with Gasteiger partial charge in [0.25, 0.3) is 0 Å². The lowest BCUT2D eigenvalue weighted by Crippen LogP contribution is -2.22. The monoisotopic (exact) mass is 332 g/mol. The first-order valence-electron chi connectivity index (χ1n) is 7.35. The number of aliphatic hydroxyl groups excluding tert-OH is 1. The van der Waals surface area contributed by atoms with Gasteiger partial charge in [-0.1, -0.05) is 6.07 Å². The van der Waals surface area contributed by atoms with Gasteiger partial charge < -0.3 is 24.4 Å². The van der Waals surface area contributed by atoms with Crippen molar-refractivity contribution in [3.8, 4) is 23.0 Å². The molecule has 2 aromatic rings. The van der Waals surface area contributed by atoms with E-state index in [1.54, 1.807) is 37.3 Å². The van der Waals surface area contributed by atoms with Crippen molar-refractivity contribution in [2.24, 2.45) is 0 Å². The largest absolute Gasteiger partial charge is 0.504 e. The van der Waals surface area contributed by atoms with Crippen molar-refractivity contribution in [3.05, 3.63) is 47.5 Å². The number of carbonyl (C=O) groups excluding carboxylic acids is 1. The van der Waals surface area contributed by atoms with E-state index >= 15 is 0 Å². The van der Waals surface area contributed by atoms with Crippen molar-refractivity contribution in [1.82, 2.24) is 0 Å². The van der Waals surface area contributed by atoms with E-state index in [1.807, 2.05) is 0 Å². The van der Waals surface area contributed by atoms with Gasteiger partial charge >= 0.3 is 0 Å². The highest BCUT2D eigenvalue weighted by atomic mass is 16.5. The van der Waals surface area contributed by atoms with Gasteiger partial charge in [-0.25, -0.2) is 0 Å². The molecule has 0 heterocycles. The molecule has 0 aliphatic rings. The van der Waals surface area contributed by atoms with E-state index in [2.05, 4.69) is 0 Å². The van der Waals surface area contributed by atoms with E-state index in [0.29, 0.717) is 28.9 Å². The van der Waals surface area contributed by atoms with Crippen molar-refractivity contribution in [2.45, 2.75) is 19.1 Å². The zero-order chi connectivity index (χ0) is 17.7. The molecule has 0 aliphatic heterocycles. The maximum absolute atomic E-state index is 10.8. The summed E-state index contributed by atoms with van der Waals surface area (Å²) in [4.78, 5) is 10.8. The number of aromatic hydroxyl groups is 1. The van der Waals surface area contributed by atoms with E-state index < -0.39 is 12.2 Å². The highest BCUT2D eigenvalue weighted by Crippen LogP contribution is 2.33. The van der Waals surface area contributed by atoms with Gasteiger partial charge in [-0.3, -0.25) is 4.79 Å². The Morgan fingerprint density at radius 3 is 2.33 bits per heavy atom. The van der Waals surface area contributed by atoms with Gasteiger partial charge in [-0.15, -0.1) is 0 Å². The van der Waals surface area contributed by atoms with Crippen LogP contribution in [0.1, 0.15) is 28.9 Å². The van der Waals surface area contributed by atoms with Crippen LogP contribution in [0.3, 0.4) is 0 Å². The van der Waals surface area contributed by atoms with Crippen LogP contribution in [0.15, 0.2) is 36.4 Å². The van der Waals surface area contributed by atoms with Crippen LogP contribution >= 0.6 is 0 Å².